The van der Waals surface area contributed by atoms with E-state index >= 15 is 0 Å². The van der Waals surface area contributed by atoms with Crippen LogP contribution < -0.4 is 20.5 Å². The van der Waals surface area contributed by atoms with Crippen LogP contribution in [-0.2, 0) is 0 Å². The molecule has 0 spiro atoms. The zero-order valence-corrected chi connectivity index (χ0v) is 9.69. The average Bonchev–Trinajstić information content (AvgIpc) is 2.72. The van der Waals surface area contributed by atoms with E-state index in [1.807, 2.05) is 18.2 Å². The molecule has 1 aliphatic rings. The number of rotatable bonds is 4. The topological polar surface area (TPSA) is 56.5 Å². The zero-order valence-electron chi connectivity index (χ0n) is 9.69. The Morgan fingerprint density at radius 1 is 1.31 bits per heavy atom. The molecule has 0 saturated carbocycles. The first-order valence-corrected chi connectivity index (χ1v) is 5.55. The second-order valence-electron chi connectivity index (χ2n) is 4.28. The van der Waals surface area contributed by atoms with E-state index in [0.717, 1.165) is 23.6 Å². The standard InChI is InChI=1S/C12H18N2O2/c1-8(2)14-6-10(13)9-3-4-11-12(5-9)16-7-15-11/h3-5,8,10,14H,6-7,13H2,1-2H3. The first kappa shape index (κ1) is 11.2. The van der Waals surface area contributed by atoms with Crippen molar-refractivity contribution in [1.82, 2.24) is 5.32 Å². The Morgan fingerprint density at radius 3 is 2.81 bits per heavy atom. The maximum atomic E-state index is 6.08. The molecule has 1 aromatic carbocycles. The van der Waals surface area contributed by atoms with Gasteiger partial charge < -0.3 is 20.5 Å². The maximum Gasteiger partial charge on any atom is 0.231 e. The molecule has 0 amide bonds. The highest BCUT2D eigenvalue weighted by molar-refractivity contribution is 5.45. The van der Waals surface area contributed by atoms with Crippen LogP contribution in [-0.4, -0.2) is 19.4 Å². The molecule has 4 heteroatoms. The van der Waals surface area contributed by atoms with Crippen LogP contribution in [0.2, 0.25) is 0 Å². The maximum absolute atomic E-state index is 6.08. The van der Waals surface area contributed by atoms with Crippen LogP contribution in [0.3, 0.4) is 0 Å². The van der Waals surface area contributed by atoms with E-state index in [1.165, 1.54) is 0 Å². The van der Waals surface area contributed by atoms with Crippen molar-refractivity contribution in [2.24, 2.45) is 5.73 Å². The van der Waals surface area contributed by atoms with Crippen molar-refractivity contribution in [3.05, 3.63) is 23.8 Å². The van der Waals surface area contributed by atoms with Gasteiger partial charge >= 0.3 is 0 Å². The number of nitrogens with one attached hydrogen (secondary N) is 1. The highest BCUT2D eigenvalue weighted by Crippen LogP contribution is 2.33. The lowest BCUT2D eigenvalue weighted by molar-refractivity contribution is 0.174. The molecular formula is C12H18N2O2. The molecular weight excluding hydrogens is 204 g/mol. The number of fused-ring (bicyclic) bond motifs is 1. The number of hydrogen-bond acceptors (Lipinski definition) is 4. The Bertz CT molecular complexity index is 366. The molecule has 0 bridgehead atoms. The number of benzene rings is 1. The summed E-state index contributed by atoms with van der Waals surface area (Å²) < 4.78 is 10.6. The van der Waals surface area contributed by atoms with Gasteiger partial charge in [-0.2, -0.15) is 0 Å². The molecule has 0 radical (unpaired) electrons. The van der Waals surface area contributed by atoms with E-state index in [2.05, 4.69) is 19.2 Å². The summed E-state index contributed by atoms with van der Waals surface area (Å²) in [6.07, 6.45) is 0. The van der Waals surface area contributed by atoms with Gasteiger partial charge in [-0.1, -0.05) is 19.9 Å². The number of nitrogens with two attached hydrogens (primary N) is 1. The Hall–Kier alpha value is -1.26. The van der Waals surface area contributed by atoms with Gasteiger partial charge in [0.15, 0.2) is 11.5 Å². The molecule has 1 heterocycles. The molecule has 1 atom stereocenters. The Morgan fingerprint density at radius 2 is 2.06 bits per heavy atom. The summed E-state index contributed by atoms with van der Waals surface area (Å²) in [5, 5.41) is 3.31. The minimum atomic E-state index is -0.0168. The Kier molecular flexibility index (Phi) is 3.31. The second-order valence-corrected chi connectivity index (χ2v) is 4.28. The third-order valence-corrected chi connectivity index (χ3v) is 2.57. The Labute approximate surface area is 95.7 Å². The smallest absolute Gasteiger partial charge is 0.231 e. The molecule has 1 aromatic rings. The van der Waals surface area contributed by atoms with Crippen molar-refractivity contribution < 1.29 is 9.47 Å². The summed E-state index contributed by atoms with van der Waals surface area (Å²) in [6, 6.07) is 6.28. The van der Waals surface area contributed by atoms with Crippen LogP contribution in [0.5, 0.6) is 11.5 Å². The van der Waals surface area contributed by atoms with Crippen molar-refractivity contribution in [3.63, 3.8) is 0 Å². The lowest BCUT2D eigenvalue weighted by atomic mass is 10.1. The summed E-state index contributed by atoms with van der Waals surface area (Å²) in [5.74, 6) is 1.59. The van der Waals surface area contributed by atoms with Gasteiger partial charge in [-0.05, 0) is 17.7 Å². The van der Waals surface area contributed by atoms with Crippen LogP contribution in [0.1, 0.15) is 25.5 Å². The fourth-order valence-electron chi connectivity index (χ4n) is 1.62. The molecule has 0 aromatic heterocycles. The van der Waals surface area contributed by atoms with E-state index < -0.39 is 0 Å². The molecule has 1 unspecified atom stereocenters. The first-order valence-electron chi connectivity index (χ1n) is 5.55. The van der Waals surface area contributed by atoms with Gasteiger partial charge in [0.05, 0.1) is 0 Å². The third kappa shape index (κ3) is 2.46. The van der Waals surface area contributed by atoms with Gasteiger partial charge in [0.25, 0.3) is 0 Å². The van der Waals surface area contributed by atoms with Crippen molar-refractivity contribution in [3.8, 4) is 11.5 Å². The second kappa shape index (κ2) is 4.72. The van der Waals surface area contributed by atoms with E-state index in [1.54, 1.807) is 0 Å². The van der Waals surface area contributed by atoms with Gasteiger partial charge in [0, 0.05) is 18.6 Å². The molecule has 0 saturated heterocycles. The largest absolute Gasteiger partial charge is 0.454 e. The predicted molar refractivity (Wildman–Crippen MR) is 62.6 cm³/mol. The summed E-state index contributed by atoms with van der Waals surface area (Å²) in [4.78, 5) is 0. The molecule has 2 rings (SSSR count). The average molecular weight is 222 g/mol. The van der Waals surface area contributed by atoms with Crippen LogP contribution >= 0.6 is 0 Å². The molecule has 88 valence electrons. The van der Waals surface area contributed by atoms with Crippen LogP contribution in [0.4, 0.5) is 0 Å². The molecule has 1 aliphatic heterocycles. The van der Waals surface area contributed by atoms with Crippen LogP contribution in [0.25, 0.3) is 0 Å². The van der Waals surface area contributed by atoms with Gasteiger partial charge in [-0.25, -0.2) is 0 Å². The number of hydrogen-bond donors (Lipinski definition) is 2. The minimum Gasteiger partial charge on any atom is -0.454 e. The van der Waals surface area contributed by atoms with Crippen molar-refractivity contribution in [1.29, 1.82) is 0 Å². The van der Waals surface area contributed by atoms with Crippen LogP contribution in [0, 0.1) is 0 Å². The Balaban J connectivity index is 2.03. The summed E-state index contributed by atoms with van der Waals surface area (Å²) in [6.45, 7) is 5.27. The van der Waals surface area contributed by atoms with E-state index in [4.69, 9.17) is 15.2 Å². The molecule has 4 nitrogen and oxygen atoms in total. The fraction of sp³-hybridized carbons (Fsp3) is 0.500. The summed E-state index contributed by atoms with van der Waals surface area (Å²) in [5.41, 5.74) is 7.15. The molecule has 0 fully saturated rings. The molecule has 3 N–H and O–H groups in total. The number of ether oxygens (including phenoxy) is 2. The minimum absolute atomic E-state index is 0.0168. The highest BCUT2D eigenvalue weighted by Gasteiger charge is 2.15. The van der Waals surface area contributed by atoms with Crippen molar-refractivity contribution in [2.75, 3.05) is 13.3 Å². The molecule has 0 aliphatic carbocycles. The summed E-state index contributed by atoms with van der Waals surface area (Å²) >= 11 is 0. The zero-order chi connectivity index (χ0) is 11.5. The molecule has 16 heavy (non-hydrogen) atoms. The quantitative estimate of drug-likeness (QED) is 0.808. The van der Waals surface area contributed by atoms with E-state index in [0.29, 0.717) is 12.8 Å². The van der Waals surface area contributed by atoms with Gasteiger partial charge in [-0.15, -0.1) is 0 Å². The highest BCUT2D eigenvalue weighted by atomic mass is 16.7. The van der Waals surface area contributed by atoms with Crippen molar-refractivity contribution in [2.45, 2.75) is 25.9 Å². The van der Waals surface area contributed by atoms with Gasteiger partial charge in [0.2, 0.25) is 6.79 Å². The predicted octanol–water partition coefficient (Wildman–Crippen LogP) is 1.41. The normalized spacial score (nSPS) is 15.5. The summed E-state index contributed by atoms with van der Waals surface area (Å²) in [7, 11) is 0. The fourth-order valence-corrected chi connectivity index (χ4v) is 1.62. The lowest BCUT2D eigenvalue weighted by Crippen LogP contribution is -2.31. The first-order chi connectivity index (χ1) is 7.66. The van der Waals surface area contributed by atoms with E-state index in [-0.39, 0.29) is 6.04 Å². The van der Waals surface area contributed by atoms with Gasteiger partial charge in [-0.3, -0.25) is 0 Å². The monoisotopic (exact) mass is 222 g/mol. The van der Waals surface area contributed by atoms with E-state index in [9.17, 15) is 0 Å². The lowest BCUT2D eigenvalue weighted by Gasteiger charge is -2.15. The van der Waals surface area contributed by atoms with Crippen molar-refractivity contribution >= 4 is 0 Å². The van der Waals surface area contributed by atoms with Gasteiger partial charge in [0.1, 0.15) is 0 Å². The third-order valence-electron chi connectivity index (χ3n) is 2.57. The SMILES string of the molecule is CC(C)NCC(N)c1ccc2c(c1)OCO2. The van der Waals surface area contributed by atoms with Crippen LogP contribution in [0.15, 0.2) is 18.2 Å².